The normalized spacial score (nSPS) is 14.9. The predicted molar refractivity (Wildman–Crippen MR) is 87.8 cm³/mol. The van der Waals surface area contributed by atoms with E-state index < -0.39 is 23.6 Å². The highest BCUT2D eigenvalue weighted by Gasteiger charge is 2.30. The maximum absolute atomic E-state index is 12.7. The summed E-state index contributed by atoms with van der Waals surface area (Å²) in [6.07, 6.45) is -0.948. The van der Waals surface area contributed by atoms with E-state index >= 15 is 0 Å². The number of hydrogen-bond acceptors (Lipinski definition) is 5. The number of nitrogens with one attached hydrogen (secondary N) is 2. The van der Waals surface area contributed by atoms with Gasteiger partial charge < -0.3 is 15.2 Å². The summed E-state index contributed by atoms with van der Waals surface area (Å²) in [4.78, 5) is 27.9. The summed E-state index contributed by atoms with van der Waals surface area (Å²) in [7, 11) is 0. The zero-order chi connectivity index (χ0) is 19.4. The second-order valence-electron chi connectivity index (χ2n) is 6.27. The number of halogens is 3. The lowest BCUT2D eigenvalue weighted by atomic mass is 10.2. The molecule has 27 heavy (non-hydrogen) atoms. The molecule has 0 unspecified atom stereocenters. The first-order valence-corrected chi connectivity index (χ1v) is 8.42. The van der Waals surface area contributed by atoms with E-state index in [1.807, 2.05) is 0 Å². The van der Waals surface area contributed by atoms with Crippen molar-refractivity contribution >= 4 is 17.5 Å². The molecule has 2 N–H and O–H groups in total. The smallest absolute Gasteiger partial charge is 0.345 e. The minimum absolute atomic E-state index is 0.00230. The molecular weight excluding hydrogens is 365 g/mol. The second-order valence-corrected chi connectivity index (χ2v) is 6.27. The van der Waals surface area contributed by atoms with Crippen LogP contribution >= 0.6 is 0 Å². The minimum Gasteiger partial charge on any atom is -0.345 e. The van der Waals surface area contributed by atoms with Gasteiger partial charge in [0.05, 0.1) is 12.0 Å². The molecule has 0 atom stereocenters. The van der Waals surface area contributed by atoms with Crippen LogP contribution in [0.15, 0.2) is 28.8 Å². The van der Waals surface area contributed by atoms with Gasteiger partial charge in [0.2, 0.25) is 5.91 Å². The first-order valence-electron chi connectivity index (χ1n) is 8.42. The van der Waals surface area contributed by atoms with Crippen molar-refractivity contribution in [2.24, 2.45) is 0 Å². The Kier molecular flexibility index (Phi) is 5.43. The summed E-state index contributed by atoms with van der Waals surface area (Å²) < 4.78 is 42.9. The Labute approximate surface area is 152 Å². The molecule has 1 aliphatic rings. The highest BCUT2D eigenvalue weighted by Crippen LogP contribution is 2.30. The Hall–Kier alpha value is -2.91. The fourth-order valence-corrected chi connectivity index (χ4v) is 2.86. The molecule has 1 aromatic heterocycles. The second kappa shape index (κ2) is 7.77. The SMILES string of the molecule is O=C(Cc1noc(C(=O)NC2CCCC2)n1)Nc1cccc(C(F)(F)F)c1. The van der Waals surface area contributed by atoms with E-state index in [1.165, 1.54) is 12.1 Å². The van der Waals surface area contributed by atoms with E-state index in [9.17, 15) is 22.8 Å². The average molecular weight is 382 g/mol. The maximum Gasteiger partial charge on any atom is 0.416 e. The molecule has 1 saturated carbocycles. The minimum atomic E-state index is -4.50. The lowest BCUT2D eigenvalue weighted by Gasteiger charge is -2.09. The summed E-state index contributed by atoms with van der Waals surface area (Å²) in [6.45, 7) is 0. The van der Waals surface area contributed by atoms with Crippen LogP contribution in [0, 0.1) is 0 Å². The zero-order valence-electron chi connectivity index (χ0n) is 14.2. The third-order valence-electron chi connectivity index (χ3n) is 4.15. The number of hydrogen-bond donors (Lipinski definition) is 2. The van der Waals surface area contributed by atoms with E-state index in [1.54, 1.807) is 0 Å². The van der Waals surface area contributed by atoms with Crippen LogP contribution < -0.4 is 10.6 Å². The van der Waals surface area contributed by atoms with Crippen molar-refractivity contribution in [3.63, 3.8) is 0 Å². The Morgan fingerprint density at radius 3 is 2.67 bits per heavy atom. The fraction of sp³-hybridized carbons (Fsp3) is 0.412. The van der Waals surface area contributed by atoms with Crippen molar-refractivity contribution in [3.8, 4) is 0 Å². The molecule has 1 heterocycles. The molecule has 0 aliphatic heterocycles. The molecular formula is C17H17F3N4O3. The summed E-state index contributed by atoms with van der Waals surface area (Å²) >= 11 is 0. The molecule has 2 amide bonds. The number of aromatic nitrogens is 2. The predicted octanol–water partition coefficient (Wildman–Crippen LogP) is 2.94. The lowest BCUT2D eigenvalue weighted by molar-refractivity contribution is -0.137. The molecule has 7 nitrogen and oxygen atoms in total. The lowest BCUT2D eigenvalue weighted by Crippen LogP contribution is -2.32. The largest absolute Gasteiger partial charge is 0.416 e. The van der Waals surface area contributed by atoms with Gasteiger partial charge in [0, 0.05) is 11.7 Å². The standard InChI is InChI=1S/C17H17F3N4O3/c18-17(19,20)10-4-3-7-12(8-10)21-14(25)9-13-23-16(27-24-13)15(26)22-11-5-1-2-6-11/h3-4,7-8,11H,1-2,5-6,9H2,(H,21,25)(H,22,26). The number of amides is 2. The summed E-state index contributed by atoms with van der Waals surface area (Å²) in [5, 5.41) is 8.68. The number of benzene rings is 1. The molecule has 0 radical (unpaired) electrons. The molecule has 0 saturated heterocycles. The first kappa shape index (κ1) is 18.9. The molecule has 1 aromatic carbocycles. The van der Waals surface area contributed by atoms with E-state index in [-0.39, 0.29) is 29.9 Å². The molecule has 0 spiro atoms. The molecule has 10 heteroatoms. The third kappa shape index (κ3) is 5.05. The first-order chi connectivity index (χ1) is 12.8. The maximum atomic E-state index is 12.7. The van der Waals surface area contributed by atoms with Crippen LogP contribution in [0.2, 0.25) is 0 Å². The van der Waals surface area contributed by atoms with Gasteiger partial charge in [0.1, 0.15) is 0 Å². The van der Waals surface area contributed by atoms with E-state index in [4.69, 9.17) is 4.52 Å². The zero-order valence-corrected chi connectivity index (χ0v) is 14.2. The molecule has 2 aromatic rings. The summed E-state index contributed by atoms with van der Waals surface area (Å²) in [5.74, 6) is -1.41. The topological polar surface area (TPSA) is 97.1 Å². The van der Waals surface area contributed by atoms with Crippen LogP contribution in [0.1, 0.15) is 47.8 Å². The fourth-order valence-electron chi connectivity index (χ4n) is 2.86. The Morgan fingerprint density at radius 1 is 1.22 bits per heavy atom. The molecule has 1 aliphatic carbocycles. The Bertz CT molecular complexity index is 829. The number of nitrogens with zero attached hydrogens (tertiary/aromatic N) is 2. The van der Waals surface area contributed by atoms with Gasteiger partial charge in [-0.05, 0) is 31.0 Å². The number of alkyl halides is 3. The third-order valence-corrected chi connectivity index (χ3v) is 4.15. The van der Waals surface area contributed by atoms with Gasteiger partial charge in [-0.1, -0.05) is 24.1 Å². The summed E-state index contributed by atoms with van der Waals surface area (Å²) in [6, 6.07) is 4.35. The van der Waals surface area contributed by atoms with E-state index in [2.05, 4.69) is 20.8 Å². The number of carbonyl (C=O) groups is 2. The van der Waals surface area contributed by atoms with Gasteiger partial charge in [0.25, 0.3) is 0 Å². The van der Waals surface area contributed by atoms with Crippen molar-refractivity contribution in [2.75, 3.05) is 5.32 Å². The van der Waals surface area contributed by atoms with E-state index in [0.717, 1.165) is 37.8 Å². The average Bonchev–Trinajstić information content (AvgIpc) is 3.26. The van der Waals surface area contributed by atoms with Crippen LogP contribution in [0.5, 0.6) is 0 Å². The van der Waals surface area contributed by atoms with Crippen molar-refractivity contribution in [3.05, 3.63) is 41.5 Å². The molecule has 3 rings (SSSR count). The Balaban J connectivity index is 1.57. The summed E-state index contributed by atoms with van der Waals surface area (Å²) in [5.41, 5.74) is -0.872. The van der Waals surface area contributed by atoms with Crippen LogP contribution in [-0.2, 0) is 17.4 Å². The molecule has 144 valence electrons. The van der Waals surface area contributed by atoms with Crippen LogP contribution in [0.3, 0.4) is 0 Å². The van der Waals surface area contributed by atoms with Crippen molar-refractivity contribution in [1.82, 2.24) is 15.5 Å². The van der Waals surface area contributed by atoms with Crippen molar-refractivity contribution < 1.29 is 27.3 Å². The van der Waals surface area contributed by atoms with Gasteiger partial charge in [-0.2, -0.15) is 18.2 Å². The van der Waals surface area contributed by atoms with Crippen LogP contribution in [0.4, 0.5) is 18.9 Å². The van der Waals surface area contributed by atoms with Crippen LogP contribution in [0.25, 0.3) is 0 Å². The number of anilines is 1. The highest BCUT2D eigenvalue weighted by molar-refractivity contribution is 5.92. The van der Waals surface area contributed by atoms with Gasteiger partial charge in [-0.25, -0.2) is 0 Å². The highest BCUT2D eigenvalue weighted by atomic mass is 19.4. The van der Waals surface area contributed by atoms with Crippen LogP contribution in [-0.4, -0.2) is 28.0 Å². The number of rotatable bonds is 5. The molecule has 1 fully saturated rings. The van der Waals surface area contributed by atoms with Gasteiger partial charge in [-0.15, -0.1) is 0 Å². The van der Waals surface area contributed by atoms with Crippen molar-refractivity contribution in [1.29, 1.82) is 0 Å². The van der Waals surface area contributed by atoms with Gasteiger partial charge in [-0.3, -0.25) is 9.59 Å². The number of carbonyl (C=O) groups excluding carboxylic acids is 2. The quantitative estimate of drug-likeness (QED) is 0.829. The van der Waals surface area contributed by atoms with Gasteiger partial charge >= 0.3 is 18.0 Å². The molecule has 0 bridgehead atoms. The Morgan fingerprint density at radius 2 is 1.96 bits per heavy atom. The van der Waals surface area contributed by atoms with Crippen molar-refractivity contribution in [2.45, 2.75) is 44.3 Å². The van der Waals surface area contributed by atoms with E-state index in [0.29, 0.717) is 0 Å². The van der Waals surface area contributed by atoms with Gasteiger partial charge in [0.15, 0.2) is 5.82 Å². The monoisotopic (exact) mass is 382 g/mol.